The van der Waals surface area contributed by atoms with Crippen molar-refractivity contribution in [3.8, 4) is 0 Å². The van der Waals surface area contributed by atoms with Crippen LogP contribution in [0.15, 0.2) is 0 Å². The molecule has 0 unspecified atom stereocenters. The van der Waals surface area contributed by atoms with E-state index in [1.165, 1.54) is 45.6 Å². The molecule has 0 atom stereocenters. The monoisotopic (exact) mass is 226 g/mol. The lowest BCUT2D eigenvalue weighted by Gasteiger charge is -2.12. The second kappa shape index (κ2) is 7.42. The van der Waals surface area contributed by atoms with Gasteiger partial charge in [-0.3, -0.25) is 9.59 Å². The third-order valence-corrected chi connectivity index (χ3v) is 3.33. The number of Topliss-reactive ketones (excluding diaryl/α,β-unsaturated/α-hetero) is 1. The molecule has 0 radical (unpaired) electrons. The fraction of sp³-hybridized carbons (Fsp3) is 0.846. The molecule has 0 aromatic rings. The lowest BCUT2D eigenvalue weighted by atomic mass is 9.93. The first kappa shape index (κ1) is 13.2. The van der Waals surface area contributed by atoms with Crippen molar-refractivity contribution < 1.29 is 14.3 Å². The van der Waals surface area contributed by atoms with Crippen LogP contribution in [-0.4, -0.2) is 18.9 Å². The van der Waals surface area contributed by atoms with E-state index in [0.717, 1.165) is 0 Å². The van der Waals surface area contributed by atoms with Gasteiger partial charge in [-0.05, 0) is 5.92 Å². The third kappa shape index (κ3) is 5.29. The van der Waals surface area contributed by atoms with Crippen molar-refractivity contribution in [2.24, 2.45) is 5.92 Å². The van der Waals surface area contributed by atoms with Gasteiger partial charge in [-0.15, -0.1) is 0 Å². The Morgan fingerprint density at radius 2 is 1.69 bits per heavy atom. The normalized spacial score (nSPS) is 17.8. The summed E-state index contributed by atoms with van der Waals surface area (Å²) in [6.07, 6.45) is 8.76. The smallest absolute Gasteiger partial charge is 0.305 e. The van der Waals surface area contributed by atoms with Crippen LogP contribution in [0, 0.1) is 5.92 Å². The van der Waals surface area contributed by atoms with E-state index in [1.54, 1.807) is 0 Å². The van der Waals surface area contributed by atoms with Gasteiger partial charge in [0.25, 0.3) is 0 Å². The number of rotatable bonds is 5. The van der Waals surface area contributed by atoms with Crippen molar-refractivity contribution in [1.82, 2.24) is 0 Å². The highest BCUT2D eigenvalue weighted by Gasteiger charge is 2.16. The SMILES string of the molecule is COC(=O)CCC(=O)CC1CCCCCC1. The fourth-order valence-electron chi connectivity index (χ4n) is 2.34. The summed E-state index contributed by atoms with van der Waals surface area (Å²) in [6.45, 7) is 0. The lowest BCUT2D eigenvalue weighted by Crippen LogP contribution is -2.10. The van der Waals surface area contributed by atoms with Crippen LogP contribution in [0.1, 0.15) is 57.8 Å². The topological polar surface area (TPSA) is 43.4 Å². The molecule has 0 spiro atoms. The van der Waals surface area contributed by atoms with Crippen LogP contribution in [0.25, 0.3) is 0 Å². The Kier molecular flexibility index (Phi) is 6.12. The molecule has 3 heteroatoms. The van der Waals surface area contributed by atoms with Crippen LogP contribution in [0.3, 0.4) is 0 Å². The predicted octanol–water partition coefficient (Wildman–Crippen LogP) is 2.87. The maximum Gasteiger partial charge on any atom is 0.305 e. The number of carbonyl (C=O) groups is 2. The highest BCUT2D eigenvalue weighted by molar-refractivity contribution is 5.83. The lowest BCUT2D eigenvalue weighted by molar-refractivity contribution is -0.142. The van der Waals surface area contributed by atoms with Crippen molar-refractivity contribution in [2.75, 3.05) is 7.11 Å². The van der Waals surface area contributed by atoms with Gasteiger partial charge in [0.05, 0.1) is 13.5 Å². The summed E-state index contributed by atoms with van der Waals surface area (Å²) in [5.74, 6) is 0.499. The maximum absolute atomic E-state index is 11.6. The van der Waals surface area contributed by atoms with Gasteiger partial charge in [-0.25, -0.2) is 0 Å². The van der Waals surface area contributed by atoms with Gasteiger partial charge in [0.1, 0.15) is 5.78 Å². The second-order valence-electron chi connectivity index (χ2n) is 4.68. The van der Waals surface area contributed by atoms with Crippen LogP contribution in [0.5, 0.6) is 0 Å². The Morgan fingerprint density at radius 3 is 2.25 bits per heavy atom. The summed E-state index contributed by atoms with van der Waals surface area (Å²) < 4.78 is 4.52. The zero-order valence-electron chi connectivity index (χ0n) is 10.2. The Balaban J connectivity index is 2.19. The van der Waals surface area contributed by atoms with E-state index in [0.29, 0.717) is 18.8 Å². The van der Waals surface area contributed by atoms with Gasteiger partial charge in [0.15, 0.2) is 0 Å². The van der Waals surface area contributed by atoms with E-state index in [-0.39, 0.29) is 18.2 Å². The van der Waals surface area contributed by atoms with Crippen molar-refractivity contribution in [3.05, 3.63) is 0 Å². The molecular weight excluding hydrogens is 204 g/mol. The van der Waals surface area contributed by atoms with Gasteiger partial charge in [0, 0.05) is 12.8 Å². The molecule has 0 saturated heterocycles. The Bertz CT molecular complexity index is 227. The largest absolute Gasteiger partial charge is 0.469 e. The number of esters is 1. The summed E-state index contributed by atoms with van der Waals surface area (Å²) >= 11 is 0. The number of hydrogen-bond donors (Lipinski definition) is 0. The predicted molar refractivity (Wildman–Crippen MR) is 62.1 cm³/mol. The van der Waals surface area contributed by atoms with Crippen molar-refractivity contribution in [3.63, 3.8) is 0 Å². The highest BCUT2D eigenvalue weighted by atomic mass is 16.5. The number of ketones is 1. The summed E-state index contributed by atoms with van der Waals surface area (Å²) in [7, 11) is 1.36. The number of methoxy groups -OCH3 is 1. The van der Waals surface area contributed by atoms with E-state index in [2.05, 4.69) is 4.74 Å². The van der Waals surface area contributed by atoms with Crippen molar-refractivity contribution in [1.29, 1.82) is 0 Å². The van der Waals surface area contributed by atoms with Gasteiger partial charge in [-0.2, -0.15) is 0 Å². The minimum absolute atomic E-state index is 0.220. The molecule has 0 amide bonds. The van der Waals surface area contributed by atoms with E-state index in [9.17, 15) is 9.59 Å². The fourth-order valence-corrected chi connectivity index (χ4v) is 2.34. The van der Waals surface area contributed by atoms with Crippen molar-refractivity contribution >= 4 is 11.8 Å². The molecule has 0 aromatic heterocycles. The quantitative estimate of drug-likeness (QED) is 0.535. The van der Waals surface area contributed by atoms with Gasteiger partial charge in [-0.1, -0.05) is 38.5 Å². The van der Waals surface area contributed by atoms with E-state index < -0.39 is 0 Å². The van der Waals surface area contributed by atoms with Crippen LogP contribution >= 0.6 is 0 Å². The Morgan fingerprint density at radius 1 is 1.06 bits per heavy atom. The van der Waals surface area contributed by atoms with E-state index >= 15 is 0 Å². The molecule has 0 aliphatic heterocycles. The molecule has 1 rings (SSSR count). The first-order valence-corrected chi connectivity index (χ1v) is 6.31. The molecule has 0 aromatic carbocycles. The minimum atomic E-state index is -0.283. The minimum Gasteiger partial charge on any atom is -0.469 e. The van der Waals surface area contributed by atoms with Gasteiger partial charge < -0.3 is 4.74 Å². The number of carbonyl (C=O) groups excluding carboxylic acids is 2. The number of hydrogen-bond acceptors (Lipinski definition) is 3. The standard InChI is InChI=1S/C13H22O3/c1-16-13(15)9-8-12(14)10-11-6-4-2-3-5-7-11/h11H,2-10H2,1H3. The van der Waals surface area contributed by atoms with Crippen LogP contribution < -0.4 is 0 Å². The summed E-state index contributed by atoms with van der Waals surface area (Å²) in [6, 6.07) is 0. The molecule has 0 N–H and O–H groups in total. The molecule has 1 fully saturated rings. The Hall–Kier alpha value is -0.860. The molecule has 3 nitrogen and oxygen atoms in total. The van der Waals surface area contributed by atoms with Gasteiger partial charge >= 0.3 is 5.97 Å². The van der Waals surface area contributed by atoms with Gasteiger partial charge in [0.2, 0.25) is 0 Å². The first-order valence-electron chi connectivity index (χ1n) is 6.31. The van der Waals surface area contributed by atoms with E-state index in [4.69, 9.17) is 0 Å². The molecule has 16 heavy (non-hydrogen) atoms. The molecule has 92 valence electrons. The third-order valence-electron chi connectivity index (χ3n) is 3.33. The average Bonchev–Trinajstić information content (AvgIpc) is 2.54. The van der Waals surface area contributed by atoms with Crippen LogP contribution in [-0.2, 0) is 14.3 Å². The maximum atomic E-state index is 11.6. The summed E-state index contributed by atoms with van der Waals surface area (Å²) in [5, 5.41) is 0. The summed E-state index contributed by atoms with van der Waals surface area (Å²) in [5.41, 5.74) is 0. The Labute approximate surface area is 97.5 Å². The highest BCUT2D eigenvalue weighted by Crippen LogP contribution is 2.26. The zero-order valence-corrected chi connectivity index (χ0v) is 10.2. The van der Waals surface area contributed by atoms with Crippen LogP contribution in [0.4, 0.5) is 0 Å². The molecule has 0 heterocycles. The molecular formula is C13H22O3. The molecule has 1 saturated carbocycles. The molecule has 0 bridgehead atoms. The van der Waals surface area contributed by atoms with Crippen LogP contribution in [0.2, 0.25) is 0 Å². The average molecular weight is 226 g/mol. The second-order valence-corrected chi connectivity index (χ2v) is 4.68. The van der Waals surface area contributed by atoms with Crippen molar-refractivity contribution in [2.45, 2.75) is 57.8 Å². The van der Waals surface area contributed by atoms with E-state index in [1.807, 2.05) is 0 Å². The summed E-state index contributed by atoms with van der Waals surface area (Å²) in [4.78, 5) is 22.5. The number of ether oxygens (including phenoxy) is 1. The molecule has 1 aliphatic carbocycles. The molecule has 1 aliphatic rings. The first-order chi connectivity index (χ1) is 7.72. The zero-order chi connectivity index (χ0) is 11.8.